The maximum absolute atomic E-state index is 10.9. The predicted octanol–water partition coefficient (Wildman–Crippen LogP) is 1.98. The van der Waals surface area contributed by atoms with Crippen LogP contribution in [0.1, 0.15) is 6.92 Å². The van der Waals surface area contributed by atoms with E-state index in [0.29, 0.717) is 11.8 Å². The van der Waals surface area contributed by atoms with Gasteiger partial charge in [0.2, 0.25) is 0 Å². The Morgan fingerprint density at radius 3 is 2.18 bits per heavy atom. The molecule has 0 amide bonds. The smallest absolute Gasteiger partial charge is 0.332 e. The molecule has 0 spiro atoms. The maximum Gasteiger partial charge on any atom is 0.332 e. The molecule has 0 fully saturated rings. The summed E-state index contributed by atoms with van der Waals surface area (Å²) in [5.41, 5.74) is 0.475. The van der Waals surface area contributed by atoms with Gasteiger partial charge in [0.05, 0.1) is 14.3 Å². The highest BCUT2D eigenvalue weighted by Gasteiger charge is 2.16. The topological polar surface area (TPSA) is 26.3 Å². The molecule has 0 aromatic carbocycles. The molecule has 2 nitrogen and oxygen atoms in total. The normalized spacial score (nSPS) is 10.9. The lowest BCUT2D eigenvalue weighted by Gasteiger charge is -2.15. The van der Waals surface area contributed by atoms with E-state index in [9.17, 15) is 4.79 Å². The Bertz CT molecular complexity index is 167. The fraction of sp³-hybridized carbons (Fsp3) is 0.625. The number of hydrogen-bond donors (Lipinski definition) is 0. The van der Waals surface area contributed by atoms with E-state index in [1.54, 1.807) is 6.92 Å². The predicted molar refractivity (Wildman–Crippen MR) is 49.1 cm³/mol. The first-order valence-corrected chi connectivity index (χ1v) is 7.36. The lowest BCUT2D eigenvalue weighted by molar-refractivity contribution is -0.137. The van der Waals surface area contributed by atoms with Gasteiger partial charge in [-0.3, -0.25) is 0 Å². The van der Waals surface area contributed by atoms with E-state index in [4.69, 9.17) is 4.74 Å². The van der Waals surface area contributed by atoms with Crippen LogP contribution in [0.2, 0.25) is 19.6 Å². The summed E-state index contributed by atoms with van der Waals surface area (Å²) < 4.78 is 4.99. The zero-order valence-corrected chi connectivity index (χ0v) is 8.73. The van der Waals surface area contributed by atoms with Crippen molar-refractivity contribution in [3.63, 3.8) is 0 Å². The van der Waals surface area contributed by atoms with Crippen molar-refractivity contribution in [2.45, 2.75) is 26.6 Å². The van der Waals surface area contributed by atoms with Gasteiger partial charge in [0.1, 0.15) is 0 Å². The zero-order chi connectivity index (χ0) is 9.07. The largest absolute Gasteiger partial charge is 0.466 e. The molecule has 3 heteroatoms. The Hall–Kier alpha value is -0.573. The first-order valence-electron chi connectivity index (χ1n) is 3.65. The Labute approximate surface area is 69.3 Å². The molecule has 0 rings (SSSR count). The molecule has 0 aliphatic rings. The molecule has 0 radical (unpaired) electrons. The van der Waals surface area contributed by atoms with Crippen molar-refractivity contribution in [2.75, 3.05) is 6.23 Å². The third kappa shape index (κ3) is 5.85. The first kappa shape index (κ1) is 10.4. The number of carbonyl (C=O) groups is 1. The van der Waals surface area contributed by atoms with Gasteiger partial charge in [-0.1, -0.05) is 26.2 Å². The van der Waals surface area contributed by atoms with Crippen LogP contribution in [-0.2, 0) is 9.53 Å². The average molecular weight is 172 g/mol. The second-order valence-electron chi connectivity index (χ2n) is 3.92. The van der Waals surface area contributed by atoms with Crippen LogP contribution in [-0.4, -0.2) is 20.3 Å². The minimum atomic E-state index is -1.25. The second-order valence-corrected chi connectivity index (χ2v) is 9.33. The molecule has 0 saturated heterocycles. The first-order chi connectivity index (χ1) is 4.83. The van der Waals surface area contributed by atoms with Gasteiger partial charge in [0, 0.05) is 5.57 Å². The van der Waals surface area contributed by atoms with Gasteiger partial charge in [0.15, 0.2) is 0 Å². The number of carbonyl (C=O) groups excluding carboxylic acids is 1. The number of hydrogen-bond acceptors (Lipinski definition) is 2. The number of esters is 1. The third-order valence-corrected chi connectivity index (χ3v) is 2.00. The number of rotatable bonds is 3. The summed E-state index contributed by atoms with van der Waals surface area (Å²) in [5, 5.41) is 0. The van der Waals surface area contributed by atoms with Gasteiger partial charge >= 0.3 is 5.97 Å². The van der Waals surface area contributed by atoms with Crippen LogP contribution in [0.15, 0.2) is 12.2 Å². The van der Waals surface area contributed by atoms with E-state index in [1.807, 2.05) is 0 Å². The van der Waals surface area contributed by atoms with E-state index in [0.717, 1.165) is 0 Å². The minimum absolute atomic E-state index is 0.271. The lowest BCUT2D eigenvalue weighted by Crippen LogP contribution is -2.29. The molecule has 0 heterocycles. The van der Waals surface area contributed by atoms with Gasteiger partial charge < -0.3 is 4.74 Å². The summed E-state index contributed by atoms with van der Waals surface area (Å²) in [4.78, 5) is 10.9. The van der Waals surface area contributed by atoms with Gasteiger partial charge in [-0.05, 0) is 6.92 Å². The van der Waals surface area contributed by atoms with E-state index in [1.165, 1.54) is 0 Å². The van der Waals surface area contributed by atoms with Crippen molar-refractivity contribution in [1.82, 2.24) is 0 Å². The lowest BCUT2D eigenvalue weighted by atomic mass is 10.4. The van der Waals surface area contributed by atoms with Crippen molar-refractivity contribution in [3.8, 4) is 0 Å². The van der Waals surface area contributed by atoms with Crippen LogP contribution < -0.4 is 0 Å². The molecular formula is C8H16O2Si. The fourth-order valence-corrected chi connectivity index (χ4v) is 0.969. The van der Waals surface area contributed by atoms with E-state index >= 15 is 0 Å². The second kappa shape index (κ2) is 3.71. The molecule has 0 bridgehead atoms. The van der Waals surface area contributed by atoms with Gasteiger partial charge in [-0.2, -0.15) is 0 Å². The molecule has 0 aliphatic heterocycles. The van der Waals surface area contributed by atoms with Crippen molar-refractivity contribution in [2.24, 2.45) is 0 Å². The van der Waals surface area contributed by atoms with Crippen LogP contribution in [0.5, 0.6) is 0 Å². The van der Waals surface area contributed by atoms with Crippen LogP contribution in [0.4, 0.5) is 0 Å². The van der Waals surface area contributed by atoms with E-state index in [-0.39, 0.29) is 5.97 Å². The summed E-state index contributed by atoms with van der Waals surface area (Å²) in [6.45, 7) is 11.6. The monoisotopic (exact) mass is 172 g/mol. The third-order valence-electron chi connectivity index (χ3n) is 0.985. The Balaban J connectivity index is 3.73. The van der Waals surface area contributed by atoms with Crippen molar-refractivity contribution in [1.29, 1.82) is 0 Å². The van der Waals surface area contributed by atoms with Crippen molar-refractivity contribution < 1.29 is 9.53 Å². The molecule has 0 atom stereocenters. The Morgan fingerprint density at radius 1 is 1.45 bits per heavy atom. The van der Waals surface area contributed by atoms with Crippen molar-refractivity contribution in [3.05, 3.63) is 12.2 Å². The molecule has 0 saturated carbocycles. The van der Waals surface area contributed by atoms with Gasteiger partial charge in [0.25, 0.3) is 0 Å². The van der Waals surface area contributed by atoms with Gasteiger partial charge in [-0.25, -0.2) is 4.79 Å². The summed E-state index contributed by atoms with van der Waals surface area (Å²) >= 11 is 0. The summed E-state index contributed by atoms with van der Waals surface area (Å²) in [7, 11) is -1.25. The number of ether oxygens (including phenoxy) is 1. The van der Waals surface area contributed by atoms with Crippen LogP contribution in [0, 0.1) is 0 Å². The quantitative estimate of drug-likeness (QED) is 0.370. The molecule has 0 N–H and O–H groups in total. The van der Waals surface area contributed by atoms with E-state index in [2.05, 4.69) is 26.2 Å². The Morgan fingerprint density at radius 2 is 1.91 bits per heavy atom. The van der Waals surface area contributed by atoms with Crippen molar-refractivity contribution >= 4 is 14.0 Å². The summed E-state index contributed by atoms with van der Waals surface area (Å²) in [6, 6.07) is 0. The highest BCUT2D eigenvalue weighted by molar-refractivity contribution is 6.76. The van der Waals surface area contributed by atoms with Crippen LogP contribution in [0.25, 0.3) is 0 Å². The molecule has 0 aliphatic carbocycles. The highest BCUT2D eigenvalue weighted by Crippen LogP contribution is 2.02. The molecule has 0 aromatic heterocycles. The highest BCUT2D eigenvalue weighted by atomic mass is 28.3. The van der Waals surface area contributed by atoms with Gasteiger partial charge in [-0.15, -0.1) is 0 Å². The maximum atomic E-state index is 10.9. The Kier molecular flexibility index (Phi) is 3.52. The minimum Gasteiger partial charge on any atom is -0.466 e. The van der Waals surface area contributed by atoms with E-state index < -0.39 is 8.07 Å². The molecule has 11 heavy (non-hydrogen) atoms. The summed E-state index contributed by atoms with van der Waals surface area (Å²) in [6.07, 6.45) is 0.582. The average Bonchev–Trinajstić information content (AvgIpc) is 1.80. The van der Waals surface area contributed by atoms with Crippen LogP contribution in [0.3, 0.4) is 0 Å². The molecule has 0 aromatic rings. The standard InChI is InChI=1S/C8H16O2Si/c1-7(2)8(9)10-6-11(3,4)5/h1,6H2,2-5H3. The van der Waals surface area contributed by atoms with Crippen LogP contribution >= 0.6 is 0 Å². The molecule has 64 valence electrons. The molecule has 0 unspecified atom stereocenters. The molecular weight excluding hydrogens is 156 g/mol. The summed E-state index contributed by atoms with van der Waals surface area (Å²) in [5.74, 6) is -0.271. The SMILES string of the molecule is C=C(C)C(=O)OC[Si](C)(C)C. The zero-order valence-electron chi connectivity index (χ0n) is 7.73. The fourth-order valence-electron chi connectivity index (χ4n) is 0.405.